The van der Waals surface area contributed by atoms with E-state index >= 15 is 0 Å². The number of hydrogen-bond acceptors (Lipinski definition) is 3. The summed E-state index contributed by atoms with van der Waals surface area (Å²) < 4.78 is 13.3. The van der Waals surface area contributed by atoms with E-state index in [0.717, 1.165) is 55.7 Å². The Morgan fingerprint density at radius 1 is 1.07 bits per heavy atom. The van der Waals surface area contributed by atoms with Crippen LogP contribution in [0.5, 0.6) is 0 Å². The van der Waals surface area contributed by atoms with Crippen LogP contribution in [0.3, 0.4) is 0 Å². The van der Waals surface area contributed by atoms with Gasteiger partial charge in [0.05, 0.1) is 5.41 Å². The van der Waals surface area contributed by atoms with Crippen molar-refractivity contribution in [1.29, 1.82) is 0 Å². The van der Waals surface area contributed by atoms with Gasteiger partial charge < -0.3 is 10.2 Å². The van der Waals surface area contributed by atoms with Crippen molar-refractivity contribution in [3.05, 3.63) is 59.5 Å². The Morgan fingerprint density at radius 2 is 1.78 bits per heavy atom. The van der Waals surface area contributed by atoms with E-state index in [9.17, 15) is 9.18 Å². The van der Waals surface area contributed by atoms with Crippen LogP contribution in [0.4, 0.5) is 10.2 Å². The maximum atomic E-state index is 13.3. The van der Waals surface area contributed by atoms with Gasteiger partial charge >= 0.3 is 0 Å². The predicted molar refractivity (Wildman–Crippen MR) is 104 cm³/mol. The number of pyridine rings is 1. The number of rotatable bonds is 5. The monoisotopic (exact) mass is 367 g/mol. The van der Waals surface area contributed by atoms with Gasteiger partial charge in [0.25, 0.3) is 0 Å². The van der Waals surface area contributed by atoms with Crippen LogP contribution in [-0.4, -0.2) is 24.0 Å². The Bertz CT molecular complexity index is 793. The minimum absolute atomic E-state index is 0.0474. The maximum Gasteiger partial charge on any atom is 0.230 e. The maximum absolute atomic E-state index is 13.3. The summed E-state index contributed by atoms with van der Waals surface area (Å²) in [4.78, 5) is 19.9. The fourth-order valence-corrected chi connectivity index (χ4v) is 4.44. The fraction of sp³-hybridized carbons (Fsp3) is 0.455. The number of aromatic nitrogens is 1. The van der Waals surface area contributed by atoms with E-state index in [1.54, 1.807) is 12.1 Å². The molecule has 1 N–H and O–H groups in total. The normalized spacial score (nSPS) is 18.6. The summed E-state index contributed by atoms with van der Waals surface area (Å²) in [6.07, 6.45) is 7.93. The molecule has 0 unspecified atom stereocenters. The van der Waals surface area contributed by atoms with Crippen molar-refractivity contribution < 1.29 is 9.18 Å². The molecule has 4 rings (SSSR count). The number of nitrogens with zero attached hydrogens (tertiary/aromatic N) is 2. The van der Waals surface area contributed by atoms with Crippen LogP contribution in [0.25, 0.3) is 0 Å². The van der Waals surface area contributed by atoms with Crippen molar-refractivity contribution in [3.63, 3.8) is 0 Å². The second-order valence-corrected chi connectivity index (χ2v) is 7.70. The van der Waals surface area contributed by atoms with Crippen LogP contribution in [0.1, 0.15) is 49.7 Å². The van der Waals surface area contributed by atoms with E-state index in [0.29, 0.717) is 6.54 Å². The molecule has 142 valence electrons. The van der Waals surface area contributed by atoms with Crippen LogP contribution in [0, 0.1) is 5.82 Å². The molecule has 27 heavy (non-hydrogen) atoms. The molecule has 0 radical (unpaired) electrons. The van der Waals surface area contributed by atoms with Crippen molar-refractivity contribution in [2.24, 2.45) is 0 Å². The highest BCUT2D eigenvalue weighted by Gasteiger charge is 2.42. The summed E-state index contributed by atoms with van der Waals surface area (Å²) >= 11 is 0. The highest BCUT2D eigenvalue weighted by molar-refractivity contribution is 5.88. The lowest BCUT2D eigenvalue weighted by molar-refractivity contribution is -0.126. The minimum Gasteiger partial charge on any atom is -0.357 e. The van der Waals surface area contributed by atoms with E-state index in [4.69, 9.17) is 0 Å². The van der Waals surface area contributed by atoms with Crippen molar-refractivity contribution in [3.8, 4) is 0 Å². The third-order valence-corrected chi connectivity index (χ3v) is 5.98. The van der Waals surface area contributed by atoms with Crippen LogP contribution >= 0.6 is 0 Å². The van der Waals surface area contributed by atoms with Gasteiger partial charge in [-0.05, 0) is 61.1 Å². The Hall–Kier alpha value is -2.43. The van der Waals surface area contributed by atoms with Gasteiger partial charge in [-0.15, -0.1) is 0 Å². The average molecular weight is 367 g/mol. The highest BCUT2D eigenvalue weighted by atomic mass is 19.1. The van der Waals surface area contributed by atoms with Crippen molar-refractivity contribution in [2.45, 2.75) is 50.5 Å². The Labute approximate surface area is 159 Å². The third kappa shape index (κ3) is 3.68. The summed E-state index contributed by atoms with van der Waals surface area (Å²) in [6, 6.07) is 10.5. The zero-order valence-corrected chi connectivity index (χ0v) is 15.6. The number of carbonyl (C=O) groups is 1. The number of carbonyl (C=O) groups excluding carboxylic acids is 1. The smallest absolute Gasteiger partial charge is 0.230 e. The molecule has 0 atom stereocenters. The lowest BCUT2D eigenvalue weighted by Crippen LogP contribution is -2.42. The van der Waals surface area contributed by atoms with Gasteiger partial charge in [-0.2, -0.15) is 0 Å². The van der Waals surface area contributed by atoms with Crippen LogP contribution in [-0.2, 0) is 16.8 Å². The molecule has 2 aliphatic rings. The number of anilines is 1. The van der Waals surface area contributed by atoms with E-state index in [1.165, 1.54) is 25.0 Å². The summed E-state index contributed by atoms with van der Waals surface area (Å²) in [5.74, 6) is 0.776. The topological polar surface area (TPSA) is 45.2 Å². The number of nitrogens with one attached hydrogen (secondary N) is 1. The summed E-state index contributed by atoms with van der Waals surface area (Å²) in [5, 5.41) is 3.13. The van der Waals surface area contributed by atoms with Crippen molar-refractivity contribution >= 4 is 11.7 Å². The lowest BCUT2D eigenvalue weighted by atomic mass is 9.78. The van der Waals surface area contributed by atoms with E-state index in [1.807, 2.05) is 12.3 Å². The van der Waals surface area contributed by atoms with Gasteiger partial charge in [-0.25, -0.2) is 9.37 Å². The Balaban J connectivity index is 1.47. The molecule has 1 aliphatic heterocycles. The number of hydrogen-bond donors (Lipinski definition) is 1. The Kier molecular flexibility index (Phi) is 5.10. The number of amides is 1. The van der Waals surface area contributed by atoms with Gasteiger partial charge in [0.2, 0.25) is 5.91 Å². The van der Waals surface area contributed by atoms with E-state index in [2.05, 4.69) is 21.3 Å². The first-order chi connectivity index (χ1) is 13.2. The van der Waals surface area contributed by atoms with Gasteiger partial charge in [0.1, 0.15) is 11.6 Å². The first-order valence-electron chi connectivity index (χ1n) is 9.92. The summed E-state index contributed by atoms with van der Waals surface area (Å²) in [7, 11) is 0. The molecule has 2 heterocycles. The molecule has 1 saturated heterocycles. The van der Waals surface area contributed by atoms with Crippen LogP contribution < -0.4 is 10.2 Å². The van der Waals surface area contributed by atoms with E-state index < -0.39 is 5.41 Å². The number of halogens is 1. The van der Waals surface area contributed by atoms with Gasteiger partial charge in [-0.1, -0.05) is 25.0 Å². The molecule has 2 aromatic rings. The van der Waals surface area contributed by atoms with Crippen LogP contribution in [0.15, 0.2) is 42.6 Å². The second-order valence-electron chi connectivity index (χ2n) is 7.70. The van der Waals surface area contributed by atoms with Crippen molar-refractivity contribution in [1.82, 2.24) is 10.3 Å². The number of benzene rings is 1. The molecule has 2 fully saturated rings. The SMILES string of the molecule is O=C(NCc1ccnc(N2CCCC2)c1)C1(c2ccc(F)cc2)CCCC1. The summed E-state index contributed by atoms with van der Waals surface area (Å²) in [6.45, 7) is 2.60. The predicted octanol–water partition coefficient (Wildman–Crippen LogP) is 3.95. The molecule has 4 nitrogen and oxygen atoms in total. The quantitative estimate of drug-likeness (QED) is 0.870. The van der Waals surface area contributed by atoms with Crippen LogP contribution in [0.2, 0.25) is 0 Å². The third-order valence-electron chi connectivity index (χ3n) is 5.98. The first-order valence-corrected chi connectivity index (χ1v) is 9.92. The van der Waals surface area contributed by atoms with E-state index in [-0.39, 0.29) is 11.7 Å². The standard InChI is InChI=1S/C22H26FN3O/c23-19-7-5-18(6-8-19)22(10-1-2-11-22)21(27)25-16-17-9-12-24-20(15-17)26-13-3-4-14-26/h5-9,12,15H,1-4,10-11,13-14,16H2,(H,25,27). The minimum atomic E-state index is -0.529. The fourth-order valence-electron chi connectivity index (χ4n) is 4.44. The highest BCUT2D eigenvalue weighted by Crippen LogP contribution is 2.41. The van der Waals surface area contributed by atoms with Gasteiger partial charge in [0.15, 0.2) is 0 Å². The molecular weight excluding hydrogens is 341 g/mol. The largest absolute Gasteiger partial charge is 0.357 e. The molecule has 5 heteroatoms. The molecule has 1 saturated carbocycles. The molecule has 1 amide bonds. The lowest BCUT2D eigenvalue weighted by Gasteiger charge is -2.28. The average Bonchev–Trinajstić information content (AvgIpc) is 3.39. The summed E-state index contributed by atoms with van der Waals surface area (Å²) in [5.41, 5.74) is 1.46. The molecule has 0 bridgehead atoms. The molecule has 0 spiro atoms. The zero-order valence-electron chi connectivity index (χ0n) is 15.6. The van der Waals surface area contributed by atoms with Gasteiger partial charge in [0, 0.05) is 25.8 Å². The zero-order chi connectivity index (χ0) is 18.7. The molecule has 1 aromatic carbocycles. The molecule has 1 aromatic heterocycles. The molecular formula is C22H26FN3O. The first kappa shape index (κ1) is 18.0. The van der Waals surface area contributed by atoms with Gasteiger partial charge in [-0.3, -0.25) is 4.79 Å². The molecule has 1 aliphatic carbocycles. The second kappa shape index (κ2) is 7.67. The van der Waals surface area contributed by atoms with Crippen molar-refractivity contribution in [2.75, 3.05) is 18.0 Å². The Morgan fingerprint density at radius 3 is 2.48 bits per heavy atom.